The normalized spacial score (nSPS) is 10.2. The molecule has 0 atom stereocenters. The Kier molecular flexibility index (Phi) is 4.42. The summed E-state index contributed by atoms with van der Waals surface area (Å²) in [6.45, 7) is 4.49. The van der Waals surface area contributed by atoms with Crippen molar-refractivity contribution in [3.05, 3.63) is 52.8 Å². The smallest absolute Gasteiger partial charge is 0.248 e. The molecule has 1 aromatic heterocycles. The number of methoxy groups -OCH3 is 1. The monoisotopic (exact) mass is 285 g/mol. The predicted molar refractivity (Wildman–Crippen MR) is 82.5 cm³/mol. The van der Waals surface area contributed by atoms with E-state index in [2.05, 4.69) is 10.3 Å². The summed E-state index contributed by atoms with van der Waals surface area (Å²) in [5, 5.41) is 3.24. The van der Waals surface area contributed by atoms with E-state index in [-0.39, 0.29) is 0 Å². The maximum Gasteiger partial charge on any atom is 0.248 e. The third-order valence-electron chi connectivity index (χ3n) is 3.36. The zero-order valence-corrected chi connectivity index (χ0v) is 12.4. The van der Waals surface area contributed by atoms with Gasteiger partial charge in [-0.25, -0.2) is 0 Å². The van der Waals surface area contributed by atoms with Crippen LogP contribution >= 0.6 is 0 Å². The van der Waals surface area contributed by atoms with Gasteiger partial charge >= 0.3 is 0 Å². The molecule has 1 heterocycles. The number of hydrogen-bond donors (Lipinski definition) is 2. The fourth-order valence-corrected chi connectivity index (χ4v) is 2.22. The van der Waals surface area contributed by atoms with Gasteiger partial charge < -0.3 is 15.8 Å². The van der Waals surface area contributed by atoms with Crippen LogP contribution in [0.4, 0.5) is 5.69 Å². The highest BCUT2D eigenvalue weighted by molar-refractivity contribution is 5.93. The standard InChI is InChI=1S/C16H19N3O2/c1-10-8-19-14(11(2)15(10)21-3)9-18-13-6-4-5-12(7-13)16(17)20/h4-8,18H,9H2,1-3H3,(H2,17,20). The molecule has 0 spiro atoms. The topological polar surface area (TPSA) is 77.2 Å². The van der Waals surface area contributed by atoms with Crippen molar-refractivity contribution in [2.45, 2.75) is 20.4 Å². The number of aryl methyl sites for hydroxylation is 1. The van der Waals surface area contributed by atoms with E-state index in [4.69, 9.17) is 10.5 Å². The number of nitrogens with two attached hydrogens (primary N) is 1. The first-order valence-corrected chi connectivity index (χ1v) is 6.65. The van der Waals surface area contributed by atoms with Gasteiger partial charge in [0.2, 0.25) is 5.91 Å². The fraction of sp³-hybridized carbons (Fsp3) is 0.250. The lowest BCUT2D eigenvalue weighted by Crippen LogP contribution is -2.11. The van der Waals surface area contributed by atoms with Gasteiger partial charge in [0.1, 0.15) is 5.75 Å². The number of aromatic nitrogens is 1. The third-order valence-corrected chi connectivity index (χ3v) is 3.36. The number of benzene rings is 1. The molecule has 5 heteroatoms. The molecule has 1 amide bonds. The molecule has 110 valence electrons. The summed E-state index contributed by atoms with van der Waals surface area (Å²) in [6.07, 6.45) is 1.79. The fourth-order valence-electron chi connectivity index (χ4n) is 2.22. The van der Waals surface area contributed by atoms with Crippen LogP contribution in [0.3, 0.4) is 0 Å². The summed E-state index contributed by atoms with van der Waals surface area (Å²) in [6, 6.07) is 7.08. The van der Waals surface area contributed by atoms with E-state index in [9.17, 15) is 4.79 Å². The number of ether oxygens (including phenoxy) is 1. The molecule has 1 aromatic carbocycles. The van der Waals surface area contributed by atoms with Crippen molar-refractivity contribution >= 4 is 11.6 Å². The van der Waals surface area contributed by atoms with E-state index in [1.807, 2.05) is 19.9 Å². The van der Waals surface area contributed by atoms with Crippen LogP contribution in [0.25, 0.3) is 0 Å². The molecule has 0 aliphatic carbocycles. The van der Waals surface area contributed by atoms with E-state index < -0.39 is 5.91 Å². The van der Waals surface area contributed by atoms with E-state index in [0.717, 1.165) is 28.3 Å². The van der Waals surface area contributed by atoms with Crippen molar-refractivity contribution in [2.75, 3.05) is 12.4 Å². The minimum atomic E-state index is -0.440. The van der Waals surface area contributed by atoms with Gasteiger partial charge in [-0.1, -0.05) is 6.07 Å². The molecule has 0 aliphatic rings. The molecule has 0 unspecified atom stereocenters. The van der Waals surface area contributed by atoms with Crippen molar-refractivity contribution in [3.8, 4) is 5.75 Å². The van der Waals surface area contributed by atoms with E-state index in [0.29, 0.717) is 12.1 Å². The Hall–Kier alpha value is -2.56. The zero-order chi connectivity index (χ0) is 15.4. The first-order valence-electron chi connectivity index (χ1n) is 6.65. The number of primary amides is 1. The first-order chi connectivity index (χ1) is 10.0. The Morgan fingerprint density at radius 2 is 2.14 bits per heavy atom. The molecular formula is C16H19N3O2. The number of pyridine rings is 1. The molecule has 3 N–H and O–H groups in total. The van der Waals surface area contributed by atoms with Gasteiger partial charge in [0.25, 0.3) is 0 Å². The van der Waals surface area contributed by atoms with Crippen molar-refractivity contribution in [1.29, 1.82) is 0 Å². The first kappa shape index (κ1) is 14.8. The molecule has 0 radical (unpaired) electrons. The number of hydrogen-bond acceptors (Lipinski definition) is 4. The highest BCUT2D eigenvalue weighted by atomic mass is 16.5. The molecule has 21 heavy (non-hydrogen) atoms. The van der Waals surface area contributed by atoms with Crippen LogP contribution in [0.15, 0.2) is 30.5 Å². The Balaban J connectivity index is 2.17. The number of anilines is 1. The highest BCUT2D eigenvalue weighted by Crippen LogP contribution is 2.24. The Labute approximate surface area is 124 Å². The molecule has 0 fully saturated rings. The lowest BCUT2D eigenvalue weighted by atomic mass is 10.1. The van der Waals surface area contributed by atoms with Gasteiger partial charge in [0, 0.05) is 28.6 Å². The average Bonchev–Trinajstić information content (AvgIpc) is 2.47. The summed E-state index contributed by atoms with van der Waals surface area (Å²) >= 11 is 0. The summed E-state index contributed by atoms with van der Waals surface area (Å²) in [5.74, 6) is 0.414. The van der Waals surface area contributed by atoms with Gasteiger partial charge in [-0.2, -0.15) is 0 Å². The largest absolute Gasteiger partial charge is 0.496 e. The second-order valence-electron chi connectivity index (χ2n) is 4.84. The minimum absolute atomic E-state index is 0.440. The molecule has 0 aliphatic heterocycles. The van der Waals surface area contributed by atoms with Gasteiger partial charge in [-0.3, -0.25) is 9.78 Å². The molecular weight excluding hydrogens is 266 g/mol. The summed E-state index contributed by atoms with van der Waals surface area (Å²) in [7, 11) is 1.66. The number of nitrogens with one attached hydrogen (secondary N) is 1. The average molecular weight is 285 g/mol. The van der Waals surface area contributed by atoms with Crippen LogP contribution in [-0.2, 0) is 6.54 Å². The molecule has 0 bridgehead atoms. The van der Waals surface area contributed by atoms with Crippen LogP contribution < -0.4 is 15.8 Å². The second kappa shape index (κ2) is 6.26. The lowest BCUT2D eigenvalue weighted by Gasteiger charge is -2.13. The van der Waals surface area contributed by atoms with Crippen molar-refractivity contribution in [2.24, 2.45) is 5.73 Å². The van der Waals surface area contributed by atoms with Crippen LogP contribution in [-0.4, -0.2) is 18.0 Å². The minimum Gasteiger partial charge on any atom is -0.496 e. The van der Waals surface area contributed by atoms with Crippen molar-refractivity contribution in [1.82, 2.24) is 4.98 Å². The van der Waals surface area contributed by atoms with E-state index >= 15 is 0 Å². The summed E-state index contributed by atoms with van der Waals surface area (Å²) in [4.78, 5) is 15.6. The van der Waals surface area contributed by atoms with Crippen LogP contribution in [0.1, 0.15) is 27.2 Å². The van der Waals surface area contributed by atoms with Gasteiger partial charge in [0.05, 0.1) is 19.3 Å². The van der Waals surface area contributed by atoms with Gasteiger partial charge in [-0.15, -0.1) is 0 Å². The molecule has 0 saturated heterocycles. The zero-order valence-electron chi connectivity index (χ0n) is 12.4. The van der Waals surface area contributed by atoms with Crippen LogP contribution in [0.5, 0.6) is 5.75 Å². The third kappa shape index (κ3) is 3.31. The Bertz CT molecular complexity index is 669. The number of carbonyl (C=O) groups excluding carboxylic acids is 1. The number of carbonyl (C=O) groups is 1. The highest BCUT2D eigenvalue weighted by Gasteiger charge is 2.09. The van der Waals surface area contributed by atoms with Crippen molar-refractivity contribution in [3.63, 3.8) is 0 Å². The number of amides is 1. The number of rotatable bonds is 5. The molecule has 2 rings (SSSR count). The molecule has 0 saturated carbocycles. The van der Waals surface area contributed by atoms with Crippen LogP contribution in [0, 0.1) is 13.8 Å². The lowest BCUT2D eigenvalue weighted by molar-refractivity contribution is 0.100. The summed E-state index contributed by atoms with van der Waals surface area (Å²) in [5.41, 5.74) is 9.50. The van der Waals surface area contributed by atoms with Gasteiger partial charge in [0.15, 0.2) is 0 Å². The van der Waals surface area contributed by atoms with Crippen molar-refractivity contribution < 1.29 is 9.53 Å². The quantitative estimate of drug-likeness (QED) is 0.884. The second-order valence-corrected chi connectivity index (χ2v) is 4.84. The maximum atomic E-state index is 11.2. The predicted octanol–water partition coefficient (Wildman–Crippen LogP) is 2.42. The maximum absolute atomic E-state index is 11.2. The number of nitrogens with zero attached hydrogens (tertiary/aromatic N) is 1. The van der Waals surface area contributed by atoms with E-state index in [1.165, 1.54) is 0 Å². The Morgan fingerprint density at radius 3 is 2.81 bits per heavy atom. The SMILES string of the molecule is COc1c(C)cnc(CNc2cccc(C(N)=O)c2)c1C. The molecule has 2 aromatic rings. The Morgan fingerprint density at radius 1 is 1.38 bits per heavy atom. The van der Waals surface area contributed by atoms with Crippen LogP contribution in [0.2, 0.25) is 0 Å². The molecule has 5 nitrogen and oxygen atoms in total. The summed E-state index contributed by atoms with van der Waals surface area (Å²) < 4.78 is 5.39. The van der Waals surface area contributed by atoms with Gasteiger partial charge in [-0.05, 0) is 32.0 Å². The van der Waals surface area contributed by atoms with E-state index in [1.54, 1.807) is 31.5 Å².